The molecule has 0 aliphatic carbocycles. The Bertz CT molecular complexity index is 401. The van der Waals surface area contributed by atoms with E-state index in [0.717, 1.165) is 12.1 Å². The summed E-state index contributed by atoms with van der Waals surface area (Å²) in [5.41, 5.74) is 0.721. The maximum atomic E-state index is 10.9. The van der Waals surface area contributed by atoms with Crippen molar-refractivity contribution >= 4 is 5.97 Å². The second kappa shape index (κ2) is 4.89. The third-order valence-corrected chi connectivity index (χ3v) is 3.05. The van der Waals surface area contributed by atoms with E-state index in [1.165, 1.54) is 6.26 Å². The van der Waals surface area contributed by atoms with E-state index in [0.29, 0.717) is 19.2 Å². The summed E-state index contributed by atoms with van der Waals surface area (Å²) < 4.78 is 10.5. The van der Waals surface area contributed by atoms with E-state index in [2.05, 4.69) is 11.8 Å². The molecule has 0 aromatic carbocycles. The zero-order valence-corrected chi connectivity index (χ0v) is 10.0. The first-order valence-electron chi connectivity index (χ1n) is 5.73. The van der Waals surface area contributed by atoms with Gasteiger partial charge in [-0.2, -0.15) is 0 Å². The Hall–Kier alpha value is -1.33. The number of rotatable bonds is 3. The highest BCUT2D eigenvalue weighted by Crippen LogP contribution is 2.18. The standard InChI is InChI=1S/C12H17NO4/c1-8-7-17-9(2)5-13(8)6-10-3-4-16-11(10)12(14)15/h3-4,8-9H,5-7H2,1-2H3,(H,14,15). The van der Waals surface area contributed by atoms with Crippen molar-refractivity contribution in [3.63, 3.8) is 0 Å². The molecule has 2 atom stereocenters. The van der Waals surface area contributed by atoms with Gasteiger partial charge in [-0.1, -0.05) is 0 Å². The van der Waals surface area contributed by atoms with Crippen LogP contribution in [-0.4, -0.2) is 41.3 Å². The van der Waals surface area contributed by atoms with Gasteiger partial charge in [0.15, 0.2) is 0 Å². The number of aromatic carboxylic acids is 1. The molecular formula is C12H17NO4. The molecule has 5 nitrogen and oxygen atoms in total. The summed E-state index contributed by atoms with van der Waals surface area (Å²) in [6, 6.07) is 2.01. The summed E-state index contributed by atoms with van der Waals surface area (Å²) in [5.74, 6) is -0.977. The lowest BCUT2D eigenvalue weighted by Crippen LogP contribution is -2.46. The lowest BCUT2D eigenvalue weighted by molar-refractivity contribution is -0.0528. The van der Waals surface area contributed by atoms with Crippen LogP contribution < -0.4 is 0 Å². The molecule has 0 spiro atoms. The zero-order valence-electron chi connectivity index (χ0n) is 10.0. The van der Waals surface area contributed by atoms with Crippen LogP contribution in [0.25, 0.3) is 0 Å². The number of furan rings is 1. The van der Waals surface area contributed by atoms with Gasteiger partial charge in [0.2, 0.25) is 5.76 Å². The Morgan fingerprint density at radius 1 is 1.59 bits per heavy atom. The predicted octanol–water partition coefficient (Wildman–Crippen LogP) is 1.59. The van der Waals surface area contributed by atoms with Gasteiger partial charge in [-0.25, -0.2) is 4.79 Å². The van der Waals surface area contributed by atoms with Crippen molar-refractivity contribution in [1.82, 2.24) is 4.90 Å². The van der Waals surface area contributed by atoms with Gasteiger partial charge >= 0.3 is 5.97 Å². The van der Waals surface area contributed by atoms with E-state index in [1.807, 2.05) is 6.92 Å². The van der Waals surface area contributed by atoms with Crippen molar-refractivity contribution in [3.8, 4) is 0 Å². The molecule has 0 bridgehead atoms. The maximum Gasteiger partial charge on any atom is 0.372 e. The van der Waals surface area contributed by atoms with Gasteiger partial charge in [0.05, 0.1) is 19.0 Å². The van der Waals surface area contributed by atoms with Crippen molar-refractivity contribution in [1.29, 1.82) is 0 Å². The van der Waals surface area contributed by atoms with Crippen LogP contribution in [0.15, 0.2) is 16.7 Å². The minimum atomic E-state index is -1.01. The first kappa shape index (κ1) is 12.1. The van der Waals surface area contributed by atoms with Gasteiger partial charge in [0.25, 0.3) is 0 Å². The second-order valence-electron chi connectivity index (χ2n) is 4.50. The van der Waals surface area contributed by atoms with Crippen molar-refractivity contribution in [2.75, 3.05) is 13.2 Å². The van der Waals surface area contributed by atoms with Crippen molar-refractivity contribution in [3.05, 3.63) is 23.7 Å². The number of carbonyl (C=O) groups is 1. The molecule has 1 aromatic heterocycles. The highest BCUT2D eigenvalue weighted by molar-refractivity contribution is 5.86. The smallest absolute Gasteiger partial charge is 0.372 e. The predicted molar refractivity (Wildman–Crippen MR) is 61.0 cm³/mol. The van der Waals surface area contributed by atoms with Crippen LogP contribution in [0, 0.1) is 0 Å². The Morgan fingerprint density at radius 3 is 3.06 bits per heavy atom. The fraction of sp³-hybridized carbons (Fsp3) is 0.583. The molecule has 0 amide bonds. The minimum Gasteiger partial charge on any atom is -0.475 e. The topological polar surface area (TPSA) is 62.9 Å². The molecule has 1 N–H and O–H groups in total. The van der Waals surface area contributed by atoms with Crippen LogP contribution >= 0.6 is 0 Å². The molecule has 17 heavy (non-hydrogen) atoms. The molecule has 1 saturated heterocycles. The first-order valence-corrected chi connectivity index (χ1v) is 5.73. The number of morpholine rings is 1. The SMILES string of the molecule is CC1CN(Cc2ccoc2C(=O)O)C(C)CO1. The van der Waals surface area contributed by atoms with E-state index in [-0.39, 0.29) is 11.9 Å². The molecule has 2 unspecified atom stereocenters. The normalized spacial score (nSPS) is 26.0. The van der Waals surface area contributed by atoms with Gasteiger partial charge in [-0.15, -0.1) is 0 Å². The zero-order chi connectivity index (χ0) is 12.4. The number of hydrogen-bond acceptors (Lipinski definition) is 4. The van der Waals surface area contributed by atoms with Crippen LogP contribution in [0.3, 0.4) is 0 Å². The van der Waals surface area contributed by atoms with E-state index in [4.69, 9.17) is 14.3 Å². The molecule has 94 valence electrons. The summed E-state index contributed by atoms with van der Waals surface area (Å²) in [6.07, 6.45) is 1.61. The monoisotopic (exact) mass is 239 g/mol. The minimum absolute atomic E-state index is 0.0383. The number of hydrogen-bond donors (Lipinski definition) is 1. The van der Waals surface area contributed by atoms with Gasteiger partial charge in [0, 0.05) is 24.7 Å². The van der Waals surface area contributed by atoms with E-state index in [9.17, 15) is 4.79 Å². The molecule has 5 heteroatoms. The lowest BCUT2D eigenvalue weighted by Gasteiger charge is -2.36. The average Bonchev–Trinajstić information content (AvgIpc) is 2.71. The number of nitrogens with zero attached hydrogens (tertiary/aromatic N) is 1. The Labute approximate surface area is 100.0 Å². The molecule has 0 saturated carbocycles. The van der Waals surface area contributed by atoms with Crippen molar-refractivity contribution in [2.24, 2.45) is 0 Å². The third kappa shape index (κ3) is 2.68. The van der Waals surface area contributed by atoms with Crippen LogP contribution in [0.5, 0.6) is 0 Å². The Morgan fingerprint density at radius 2 is 2.35 bits per heavy atom. The molecule has 2 rings (SSSR count). The van der Waals surface area contributed by atoms with Gasteiger partial charge in [-0.05, 0) is 19.9 Å². The maximum absolute atomic E-state index is 10.9. The summed E-state index contributed by atoms with van der Waals surface area (Å²) >= 11 is 0. The summed E-state index contributed by atoms with van der Waals surface area (Å²) in [6.45, 7) is 6.18. The molecular weight excluding hydrogens is 222 g/mol. The highest BCUT2D eigenvalue weighted by Gasteiger charge is 2.25. The van der Waals surface area contributed by atoms with Gasteiger partial charge in [0.1, 0.15) is 0 Å². The molecule has 0 radical (unpaired) electrons. The number of carboxylic acids is 1. The first-order chi connectivity index (χ1) is 8.08. The Balaban J connectivity index is 2.09. The summed E-state index contributed by atoms with van der Waals surface area (Å²) in [4.78, 5) is 13.1. The quantitative estimate of drug-likeness (QED) is 0.867. The van der Waals surface area contributed by atoms with E-state index >= 15 is 0 Å². The molecule has 1 aromatic rings. The number of carboxylic acid groups (broad SMARTS) is 1. The number of ether oxygens (including phenoxy) is 1. The fourth-order valence-electron chi connectivity index (χ4n) is 2.06. The van der Waals surface area contributed by atoms with Gasteiger partial charge < -0.3 is 14.3 Å². The van der Waals surface area contributed by atoms with E-state index < -0.39 is 5.97 Å². The van der Waals surface area contributed by atoms with Crippen molar-refractivity contribution in [2.45, 2.75) is 32.5 Å². The van der Waals surface area contributed by atoms with E-state index in [1.54, 1.807) is 6.07 Å². The highest BCUT2D eigenvalue weighted by atomic mass is 16.5. The Kier molecular flexibility index (Phi) is 3.49. The summed E-state index contributed by atoms with van der Waals surface area (Å²) in [5, 5.41) is 8.96. The molecule has 1 aliphatic heterocycles. The summed E-state index contributed by atoms with van der Waals surface area (Å²) in [7, 11) is 0. The van der Waals surface area contributed by atoms with Crippen molar-refractivity contribution < 1.29 is 19.1 Å². The molecule has 1 fully saturated rings. The third-order valence-electron chi connectivity index (χ3n) is 3.05. The average molecular weight is 239 g/mol. The fourth-order valence-corrected chi connectivity index (χ4v) is 2.06. The van der Waals surface area contributed by atoms with Gasteiger partial charge in [-0.3, -0.25) is 4.90 Å². The largest absolute Gasteiger partial charge is 0.475 e. The molecule has 1 aliphatic rings. The second-order valence-corrected chi connectivity index (χ2v) is 4.50. The lowest BCUT2D eigenvalue weighted by atomic mass is 10.1. The van der Waals surface area contributed by atoms with Crippen LogP contribution in [0.4, 0.5) is 0 Å². The van der Waals surface area contributed by atoms with Crippen LogP contribution in [-0.2, 0) is 11.3 Å². The van der Waals surface area contributed by atoms with Crippen LogP contribution in [0.2, 0.25) is 0 Å². The van der Waals surface area contributed by atoms with Crippen LogP contribution in [0.1, 0.15) is 30.0 Å². The molecule has 2 heterocycles.